The SMILES string of the molecule is CC(C)C1CN(C(=O)c2nn(C)c3ccccc23)CCC(=O)N1CC1CC1. The van der Waals surface area contributed by atoms with Gasteiger partial charge in [0.15, 0.2) is 5.69 Å². The van der Waals surface area contributed by atoms with Gasteiger partial charge in [0.25, 0.3) is 5.91 Å². The second-order valence-corrected chi connectivity index (χ2v) is 8.29. The van der Waals surface area contributed by atoms with E-state index >= 15 is 0 Å². The van der Waals surface area contributed by atoms with E-state index in [9.17, 15) is 9.59 Å². The Labute approximate surface area is 160 Å². The largest absolute Gasteiger partial charge is 0.337 e. The normalized spacial score (nSPS) is 21.2. The van der Waals surface area contributed by atoms with Gasteiger partial charge in [-0.15, -0.1) is 0 Å². The number of amides is 2. The van der Waals surface area contributed by atoms with Crippen molar-refractivity contribution in [1.29, 1.82) is 0 Å². The minimum atomic E-state index is -0.0708. The summed E-state index contributed by atoms with van der Waals surface area (Å²) in [6.07, 6.45) is 2.83. The summed E-state index contributed by atoms with van der Waals surface area (Å²) in [4.78, 5) is 30.0. The number of hydrogen-bond donors (Lipinski definition) is 0. The number of hydrogen-bond acceptors (Lipinski definition) is 3. The van der Waals surface area contributed by atoms with Gasteiger partial charge in [0, 0.05) is 38.5 Å². The van der Waals surface area contributed by atoms with Gasteiger partial charge in [-0.1, -0.05) is 32.0 Å². The fourth-order valence-corrected chi connectivity index (χ4v) is 4.07. The van der Waals surface area contributed by atoms with Crippen LogP contribution < -0.4 is 0 Å². The average Bonchev–Trinajstić information content (AvgIpc) is 3.43. The molecule has 2 amide bonds. The number of carbonyl (C=O) groups is 2. The number of fused-ring (bicyclic) bond motifs is 1. The van der Waals surface area contributed by atoms with Crippen molar-refractivity contribution in [2.75, 3.05) is 19.6 Å². The Morgan fingerprint density at radius 1 is 1.26 bits per heavy atom. The number of carbonyl (C=O) groups excluding carboxylic acids is 2. The molecule has 1 aromatic heterocycles. The Kier molecular flexibility index (Phi) is 4.66. The van der Waals surface area contributed by atoms with Gasteiger partial charge >= 0.3 is 0 Å². The summed E-state index contributed by atoms with van der Waals surface area (Å²) >= 11 is 0. The van der Waals surface area contributed by atoms with Gasteiger partial charge in [-0.25, -0.2) is 0 Å². The van der Waals surface area contributed by atoms with E-state index in [4.69, 9.17) is 0 Å². The Balaban J connectivity index is 1.62. The van der Waals surface area contributed by atoms with Crippen molar-refractivity contribution in [2.24, 2.45) is 18.9 Å². The van der Waals surface area contributed by atoms with Gasteiger partial charge in [-0.3, -0.25) is 14.3 Å². The molecule has 0 spiro atoms. The number of aryl methyl sites for hydroxylation is 1. The van der Waals surface area contributed by atoms with Crippen LogP contribution in [0.5, 0.6) is 0 Å². The molecule has 1 aliphatic heterocycles. The maximum Gasteiger partial charge on any atom is 0.275 e. The molecule has 2 fully saturated rings. The molecule has 6 heteroatoms. The van der Waals surface area contributed by atoms with Gasteiger partial charge in [-0.2, -0.15) is 5.10 Å². The molecular weight excluding hydrogens is 340 g/mol. The average molecular weight is 368 g/mol. The lowest BCUT2D eigenvalue weighted by Crippen LogP contribution is -2.48. The lowest BCUT2D eigenvalue weighted by Gasteiger charge is -2.34. The smallest absolute Gasteiger partial charge is 0.275 e. The van der Waals surface area contributed by atoms with Crippen LogP contribution in [0, 0.1) is 11.8 Å². The van der Waals surface area contributed by atoms with Crippen molar-refractivity contribution in [3.8, 4) is 0 Å². The number of aromatic nitrogens is 2. The standard InChI is InChI=1S/C21H28N4O2/c1-14(2)18-13-24(11-10-19(26)25(18)12-15-8-9-15)21(27)20-16-6-4-5-7-17(16)23(3)22-20/h4-7,14-15,18H,8-13H2,1-3H3. The molecule has 27 heavy (non-hydrogen) atoms. The number of nitrogens with zero attached hydrogens (tertiary/aromatic N) is 4. The van der Waals surface area contributed by atoms with E-state index in [-0.39, 0.29) is 17.9 Å². The molecule has 2 aliphatic rings. The molecule has 144 valence electrons. The third kappa shape index (κ3) is 3.45. The maximum atomic E-state index is 13.3. The van der Waals surface area contributed by atoms with Crippen LogP contribution in [-0.2, 0) is 11.8 Å². The zero-order chi connectivity index (χ0) is 19.1. The van der Waals surface area contributed by atoms with Crippen LogP contribution in [0.3, 0.4) is 0 Å². The summed E-state index contributed by atoms with van der Waals surface area (Å²) in [5, 5.41) is 5.36. The second kappa shape index (κ2) is 6.98. The van der Waals surface area contributed by atoms with Crippen molar-refractivity contribution in [1.82, 2.24) is 19.6 Å². The molecule has 0 bridgehead atoms. The molecule has 2 aromatic rings. The van der Waals surface area contributed by atoms with E-state index < -0.39 is 0 Å². The summed E-state index contributed by atoms with van der Waals surface area (Å²) in [6.45, 7) is 6.17. The first-order chi connectivity index (χ1) is 13.0. The lowest BCUT2D eigenvalue weighted by molar-refractivity contribution is -0.133. The Morgan fingerprint density at radius 2 is 2.00 bits per heavy atom. The van der Waals surface area contributed by atoms with Crippen molar-refractivity contribution in [2.45, 2.75) is 39.2 Å². The van der Waals surface area contributed by atoms with Crippen LogP contribution in [0.1, 0.15) is 43.6 Å². The molecule has 1 saturated heterocycles. The fraction of sp³-hybridized carbons (Fsp3) is 0.571. The minimum Gasteiger partial charge on any atom is -0.337 e. The van der Waals surface area contributed by atoms with Crippen molar-refractivity contribution < 1.29 is 9.59 Å². The van der Waals surface area contributed by atoms with Gasteiger partial charge in [0.2, 0.25) is 5.91 Å². The summed E-state index contributed by atoms with van der Waals surface area (Å²) < 4.78 is 1.75. The minimum absolute atomic E-state index is 0.0690. The first-order valence-electron chi connectivity index (χ1n) is 9.96. The van der Waals surface area contributed by atoms with Crippen molar-refractivity contribution in [3.63, 3.8) is 0 Å². The van der Waals surface area contributed by atoms with E-state index in [1.807, 2.05) is 41.1 Å². The quantitative estimate of drug-likeness (QED) is 0.834. The maximum absolute atomic E-state index is 13.3. The van der Waals surface area contributed by atoms with E-state index in [2.05, 4.69) is 18.9 Å². The van der Waals surface area contributed by atoms with Crippen LogP contribution >= 0.6 is 0 Å². The van der Waals surface area contributed by atoms with E-state index in [0.29, 0.717) is 37.0 Å². The number of para-hydroxylation sites is 1. The summed E-state index contributed by atoms with van der Waals surface area (Å²) in [6, 6.07) is 7.87. The van der Waals surface area contributed by atoms with Gasteiger partial charge in [0.05, 0.1) is 11.6 Å². The molecule has 2 heterocycles. The first-order valence-corrected chi connectivity index (χ1v) is 9.96. The highest BCUT2D eigenvalue weighted by Crippen LogP contribution is 2.32. The van der Waals surface area contributed by atoms with Gasteiger partial charge in [0.1, 0.15) is 0 Å². The molecule has 1 aromatic carbocycles. The van der Waals surface area contributed by atoms with Crippen molar-refractivity contribution in [3.05, 3.63) is 30.0 Å². The molecule has 1 saturated carbocycles. The molecule has 0 N–H and O–H groups in total. The third-order valence-electron chi connectivity index (χ3n) is 5.89. The first kappa shape index (κ1) is 18.0. The zero-order valence-electron chi connectivity index (χ0n) is 16.4. The highest BCUT2D eigenvalue weighted by atomic mass is 16.2. The molecule has 4 rings (SSSR count). The van der Waals surface area contributed by atoms with Crippen LogP contribution in [-0.4, -0.2) is 57.1 Å². The Bertz CT molecular complexity index is 868. The molecule has 1 atom stereocenters. The topological polar surface area (TPSA) is 58.4 Å². The number of rotatable bonds is 4. The molecule has 1 unspecified atom stereocenters. The predicted molar refractivity (Wildman–Crippen MR) is 104 cm³/mol. The van der Waals surface area contributed by atoms with E-state index in [1.165, 1.54) is 12.8 Å². The summed E-state index contributed by atoms with van der Waals surface area (Å²) in [7, 11) is 1.86. The van der Waals surface area contributed by atoms with E-state index in [0.717, 1.165) is 17.4 Å². The van der Waals surface area contributed by atoms with Gasteiger partial charge < -0.3 is 9.80 Å². The Morgan fingerprint density at radius 3 is 2.70 bits per heavy atom. The van der Waals surface area contributed by atoms with Crippen LogP contribution in [0.2, 0.25) is 0 Å². The highest BCUT2D eigenvalue weighted by Gasteiger charge is 2.37. The van der Waals surface area contributed by atoms with Crippen molar-refractivity contribution >= 4 is 22.7 Å². The summed E-state index contributed by atoms with van der Waals surface area (Å²) in [5.74, 6) is 1.07. The molecule has 0 radical (unpaired) electrons. The second-order valence-electron chi connectivity index (χ2n) is 8.29. The van der Waals surface area contributed by atoms with Gasteiger partial charge in [-0.05, 0) is 30.7 Å². The monoisotopic (exact) mass is 368 g/mol. The van der Waals surface area contributed by atoms with E-state index in [1.54, 1.807) is 4.68 Å². The van der Waals surface area contributed by atoms with Crippen LogP contribution in [0.25, 0.3) is 10.9 Å². The number of benzene rings is 1. The predicted octanol–water partition coefficient (Wildman–Crippen LogP) is 2.68. The highest BCUT2D eigenvalue weighted by molar-refractivity contribution is 6.05. The molecule has 1 aliphatic carbocycles. The Hall–Kier alpha value is -2.37. The fourth-order valence-electron chi connectivity index (χ4n) is 4.07. The van der Waals surface area contributed by atoms with Crippen LogP contribution in [0.4, 0.5) is 0 Å². The summed E-state index contributed by atoms with van der Waals surface area (Å²) in [5.41, 5.74) is 1.43. The lowest BCUT2D eigenvalue weighted by atomic mass is 10.0. The molecule has 6 nitrogen and oxygen atoms in total. The molecular formula is C21H28N4O2. The zero-order valence-corrected chi connectivity index (χ0v) is 16.4. The third-order valence-corrected chi connectivity index (χ3v) is 5.89. The van der Waals surface area contributed by atoms with Crippen LogP contribution in [0.15, 0.2) is 24.3 Å².